The van der Waals surface area contributed by atoms with Crippen LogP contribution in [0.5, 0.6) is 0 Å². The zero-order valence-corrected chi connectivity index (χ0v) is 15.6. The number of ether oxygens (including phenoxy) is 1. The highest BCUT2D eigenvalue weighted by molar-refractivity contribution is 5.97. The lowest BCUT2D eigenvalue weighted by molar-refractivity contribution is -0.384. The molecular formula is C18H25N3O5. The van der Waals surface area contributed by atoms with Crippen LogP contribution in [0.1, 0.15) is 43.5 Å². The number of likely N-dealkylation sites (tertiary alicyclic amines) is 1. The average Bonchev–Trinajstić information content (AvgIpc) is 2.58. The minimum atomic E-state index is -0.747. The number of piperidine rings is 1. The third-order valence-electron chi connectivity index (χ3n) is 4.70. The zero-order valence-electron chi connectivity index (χ0n) is 15.6. The summed E-state index contributed by atoms with van der Waals surface area (Å²) in [5.74, 6) is -0.988. The van der Waals surface area contributed by atoms with Gasteiger partial charge in [0.2, 0.25) is 0 Å². The number of rotatable bonds is 5. The summed E-state index contributed by atoms with van der Waals surface area (Å²) >= 11 is 0. The number of non-ortho nitro benzene ring substituents is 1. The Morgan fingerprint density at radius 3 is 2.42 bits per heavy atom. The first-order valence-corrected chi connectivity index (χ1v) is 8.66. The van der Waals surface area contributed by atoms with Gasteiger partial charge in [-0.2, -0.15) is 0 Å². The van der Waals surface area contributed by atoms with Crippen LogP contribution >= 0.6 is 0 Å². The van der Waals surface area contributed by atoms with E-state index in [1.165, 1.54) is 18.2 Å². The summed E-state index contributed by atoms with van der Waals surface area (Å²) in [5.41, 5.74) is 0.358. The lowest BCUT2D eigenvalue weighted by Gasteiger charge is -2.38. The second-order valence-electron chi connectivity index (χ2n) is 6.86. The second kappa shape index (κ2) is 8.16. The molecule has 0 aliphatic carbocycles. The zero-order chi connectivity index (χ0) is 19.4. The molecule has 0 aromatic heterocycles. The number of amides is 1. The van der Waals surface area contributed by atoms with Crippen molar-refractivity contribution in [2.45, 2.75) is 45.2 Å². The molecule has 1 amide bonds. The summed E-state index contributed by atoms with van der Waals surface area (Å²) in [7, 11) is 3.44. The highest BCUT2D eigenvalue weighted by Crippen LogP contribution is 2.26. The Hall–Kier alpha value is -2.64. The fraction of sp³-hybridized carbons (Fsp3) is 0.556. The van der Waals surface area contributed by atoms with Crippen molar-refractivity contribution >= 4 is 23.3 Å². The van der Waals surface area contributed by atoms with Crippen LogP contribution in [-0.2, 0) is 9.53 Å². The lowest BCUT2D eigenvalue weighted by atomic mass is 9.97. The van der Waals surface area contributed by atoms with Crippen LogP contribution in [0, 0.1) is 10.1 Å². The summed E-state index contributed by atoms with van der Waals surface area (Å²) < 4.78 is 5.19. The number of esters is 1. The Morgan fingerprint density at radius 1 is 1.27 bits per heavy atom. The SMILES string of the molecule is C[C@H]1CCC[C@H](C)N1C(=O)COC(=O)c1cc([N+](=O)[O-])ccc1N(C)C. The lowest BCUT2D eigenvalue weighted by Crippen LogP contribution is -2.49. The molecule has 0 spiro atoms. The normalized spacial score (nSPS) is 19.8. The Kier molecular flexibility index (Phi) is 6.18. The number of anilines is 1. The van der Waals surface area contributed by atoms with Crippen molar-refractivity contribution in [1.82, 2.24) is 4.90 Å². The summed E-state index contributed by atoms with van der Waals surface area (Å²) in [6, 6.07) is 4.22. The van der Waals surface area contributed by atoms with E-state index in [2.05, 4.69) is 0 Å². The maximum atomic E-state index is 12.5. The Balaban J connectivity index is 2.13. The monoisotopic (exact) mass is 363 g/mol. The highest BCUT2D eigenvalue weighted by Gasteiger charge is 2.30. The average molecular weight is 363 g/mol. The van der Waals surface area contributed by atoms with Crippen molar-refractivity contribution in [3.8, 4) is 0 Å². The number of nitrogens with zero attached hydrogens (tertiary/aromatic N) is 3. The quantitative estimate of drug-likeness (QED) is 0.453. The standard InChI is InChI=1S/C18H25N3O5/c1-12-6-5-7-13(2)20(12)17(22)11-26-18(23)15-10-14(21(24)25)8-9-16(15)19(3)4/h8-10,12-13H,5-7,11H2,1-4H3/t12-,13-/m0/s1. The van der Waals surface area contributed by atoms with Gasteiger partial charge in [0.15, 0.2) is 6.61 Å². The fourth-order valence-electron chi connectivity index (χ4n) is 3.38. The van der Waals surface area contributed by atoms with Gasteiger partial charge >= 0.3 is 5.97 Å². The summed E-state index contributed by atoms with van der Waals surface area (Å²) in [4.78, 5) is 38.8. The largest absolute Gasteiger partial charge is 0.452 e. The van der Waals surface area contributed by atoms with Crippen molar-refractivity contribution in [2.75, 3.05) is 25.6 Å². The van der Waals surface area contributed by atoms with Gasteiger partial charge in [-0.05, 0) is 39.2 Å². The first kappa shape index (κ1) is 19.7. The molecule has 1 fully saturated rings. The topological polar surface area (TPSA) is 93.0 Å². The first-order chi connectivity index (χ1) is 12.2. The number of carbonyl (C=O) groups excluding carboxylic acids is 2. The molecule has 0 bridgehead atoms. The number of nitro groups is 1. The Morgan fingerprint density at radius 2 is 1.88 bits per heavy atom. The summed E-state index contributed by atoms with van der Waals surface area (Å²) in [5, 5.41) is 11.0. The number of benzene rings is 1. The maximum absolute atomic E-state index is 12.5. The molecule has 2 rings (SSSR count). The van der Waals surface area contributed by atoms with E-state index in [9.17, 15) is 19.7 Å². The number of nitro benzene ring substituents is 1. The molecule has 0 radical (unpaired) electrons. The van der Waals surface area contributed by atoms with E-state index in [1.54, 1.807) is 23.9 Å². The van der Waals surface area contributed by atoms with Gasteiger partial charge in [-0.3, -0.25) is 14.9 Å². The molecule has 0 N–H and O–H groups in total. The molecule has 2 atom stereocenters. The second-order valence-corrected chi connectivity index (χ2v) is 6.86. The van der Waals surface area contributed by atoms with Gasteiger partial charge in [-0.25, -0.2) is 4.79 Å². The van der Waals surface area contributed by atoms with Crippen LogP contribution in [0.2, 0.25) is 0 Å². The van der Waals surface area contributed by atoms with Gasteiger partial charge < -0.3 is 14.5 Å². The summed E-state index contributed by atoms with van der Waals surface area (Å²) in [6.45, 7) is 3.60. The van der Waals surface area contributed by atoms with E-state index in [-0.39, 0.29) is 35.8 Å². The number of carbonyl (C=O) groups is 2. The van der Waals surface area contributed by atoms with Gasteiger partial charge in [-0.1, -0.05) is 0 Å². The van der Waals surface area contributed by atoms with Gasteiger partial charge in [0.05, 0.1) is 16.2 Å². The van der Waals surface area contributed by atoms with Crippen LogP contribution in [0.4, 0.5) is 11.4 Å². The third-order valence-corrected chi connectivity index (χ3v) is 4.70. The highest BCUT2D eigenvalue weighted by atomic mass is 16.6. The van der Waals surface area contributed by atoms with Crippen molar-refractivity contribution in [1.29, 1.82) is 0 Å². The molecule has 8 nitrogen and oxygen atoms in total. The molecule has 26 heavy (non-hydrogen) atoms. The van der Waals surface area contributed by atoms with Gasteiger partial charge in [0.25, 0.3) is 11.6 Å². The van der Waals surface area contributed by atoms with E-state index < -0.39 is 10.9 Å². The van der Waals surface area contributed by atoms with E-state index in [1.807, 2.05) is 13.8 Å². The van der Waals surface area contributed by atoms with Crippen molar-refractivity contribution < 1.29 is 19.2 Å². The van der Waals surface area contributed by atoms with Gasteiger partial charge in [-0.15, -0.1) is 0 Å². The molecule has 1 aromatic carbocycles. The van der Waals surface area contributed by atoms with Crippen LogP contribution in [0.15, 0.2) is 18.2 Å². The van der Waals surface area contributed by atoms with E-state index in [4.69, 9.17) is 4.74 Å². The predicted octanol–water partition coefficient (Wildman–Crippen LogP) is 2.61. The molecule has 0 saturated carbocycles. The Bertz CT molecular complexity index is 694. The van der Waals surface area contributed by atoms with Crippen molar-refractivity contribution in [3.05, 3.63) is 33.9 Å². The fourth-order valence-corrected chi connectivity index (χ4v) is 3.38. The molecule has 1 heterocycles. The number of hydrogen-bond donors (Lipinski definition) is 0. The minimum Gasteiger partial charge on any atom is -0.452 e. The van der Waals surface area contributed by atoms with Gasteiger partial charge in [0, 0.05) is 38.3 Å². The predicted molar refractivity (Wildman–Crippen MR) is 97.3 cm³/mol. The smallest absolute Gasteiger partial charge is 0.341 e. The first-order valence-electron chi connectivity index (χ1n) is 8.66. The number of hydrogen-bond acceptors (Lipinski definition) is 6. The van der Waals surface area contributed by atoms with Crippen molar-refractivity contribution in [3.63, 3.8) is 0 Å². The molecule has 1 aliphatic rings. The van der Waals surface area contributed by atoms with Crippen LogP contribution in [-0.4, -0.2) is 54.5 Å². The third kappa shape index (κ3) is 4.30. The molecule has 1 aromatic rings. The van der Waals surface area contributed by atoms with E-state index in [0.29, 0.717) is 5.69 Å². The van der Waals surface area contributed by atoms with Crippen molar-refractivity contribution in [2.24, 2.45) is 0 Å². The van der Waals surface area contributed by atoms with Crippen LogP contribution < -0.4 is 4.90 Å². The molecular weight excluding hydrogens is 338 g/mol. The van der Waals surface area contributed by atoms with E-state index in [0.717, 1.165) is 19.3 Å². The molecule has 1 aliphatic heterocycles. The molecule has 1 saturated heterocycles. The molecule has 0 unspecified atom stereocenters. The minimum absolute atomic E-state index is 0.0664. The van der Waals surface area contributed by atoms with Crippen LogP contribution in [0.25, 0.3) is 0 Å². The summed E-state index contributed by atoms with van der Waals surface area (Å²) in [6.07, 6.45) is 2.94. The van der Waals surface area contributed by atoms with Crippen LogP contribution in [0.3, 0.4) is 0 Å². The van der Waals surface area contributed by atoms with Gasteiger partial charge in [0.1, 0.15) is 0 Å². The molecule has 142 valence electrons. The molecule has 8 heteroatoms. The van der Waals surface area contributed by atoms with E-state index >= 15 is 0 Å². The Labute approximate surface area is 152 Å². The maximum Gasteiger partial charge on any atom is 0.341 e.